The van der Waals surface area contributed by atoms with Gasteiger partial charge in [0.1, 0.15) is 0 Å². The summed E-state index contributed by atoms with van der Waals surface area (Å²) >= 11 is 0. The normalized spacial score (nSPS) is 30.8. The maximum Gasteiger partial charge on any atom is 0.237 e. The van der Waals surface area contributed by atoms with E-state index in [9.17, 15) is 4.79 Å². The van der Waals surface area contributed by atoms with Crippen LogP contribution in [0.25, 0.3) is 0 Å². The van der Waals surface area contributed by atoms with E-state index in [2.05, 4.69) is 29.4 Å². The van der Waals surface area contributed by atoms with E-state index in [1.54, 1.807) is 0 Å². The van der Waals surface area contributed by atoms with Crippen molar-refractivity contribution in [3.63, 3.8) is 0 Å². The summed E-state index contributed by atoms with van der Waals surface area (Å²) in [6, 6.07) is 0.0448. The third-order valence-corrected chi connectivity index (χ3v) is 3.82. The van der Waals surface area contributed by atoms with E-state index in [1.807, 2.05) is 0 Å². The molecule has 2 aliphatic heterocycles. The second-order valence-electron chi connectivity index (χ2n) is 5.81. The molecule has 3 atom stereocenters. The Morgan fingerprint density at radius 3 is 2.65 bits per heavy atom. The Balaban J connectivity index is 0.00000200. The molecule has 2 fully saturated rings. The molecule has 0 aromatic carbocycles. The fourth-order valence-electron chi connectivity index (χ4n) is 3.01. The minimum absolute atomic E-state index is 0. The van der Waals surface area contributed by atoms with Crippen molar-refractivity contribution in [3.8, 4) is 0 Å². The number of nitrogens with one attached hydrogen (secondary N) is 2. The van der Waals surface area contributed by atoms with Gasteiger partial charge in [-0.05, 0) is 39.7 Å². The maximum atomic E-state index is 11.8. The van der Waals surface area contributed by atoms with Crippen molar-refractivity contribution < 1.29 is 9.53 Å². The highest BCUT2D eigenvalue weighted by molar-refractivity contribution is 5.85. The van der Waals surface area contributed by atoms with Gasteiger partial charge in [0, 0.05) is 26.2 Å². The molecule has 0 spiro atoms. The first-order valence-corrected chi connectivity index (χ1v) is 7.54. The first-order chi connectivity index (χ1) is 9.15. The predicted molar refractivity (Wildman–Crippen MR) is 82.3 cm³/mol. The zero-order valence-electron chi connectivity index (χ0n) is 12.6. The summed E-state index contributed by atoms with van der Waals surface area (Å²) in [5.41, 5.74) is 0. The minimum atomic E-state index is 0. The molecule has 0 radical (unpaired) electrons. The Morgan fingerprint density at radius 2 is 2.05 bits per heavy atom. The largest absolute Gasteiger partial charge is 0.373 e. The first kappa shape index (κ1) is 17.7. The monoisotopic (exact) mass is 305 g/mol. The average Bonchev–Trinajstić information content (AvgIpc) is 2.87. The van der Waals surface area contributed by atoms with Gasteiger partial charge in [0.2, 0.25) is 5.91 Å². The van der Waals surface area contributed by atoms with Gasteiger partial charge in [-0.2, -0.15) is 0 Å². The highest BCUT2D eigenvalue weighted by Crippen LogP contribution is 2.10. The van der Waals surface area contributed by atoms with Crippen molar-refractivity contribution in [2.75, 3.05) is 32.7 Å². The molecule has 2 heterocycles. The number of morpholine rings is 1. The van der Waals surface area contributed by atoms with Crippen molar-refractivity contribution >= 4 is 18.3 Å². The molecule has 20 heavy (non-hydrogen) atoms. The highest BCUT2D eigenvalue weighted by Gasteiger charge is 2.23. The third kappa shape index (κ3) is 5.56. The average molecular weight is 306 g/mol. The molecule has 0 aromatic heterocycles. The zero-order valence-corrected chi connectivity index (χ0v) is 13.4. The molecule has 0 aromatic rings. The second-order valence-corrected chi connectivity index (χ2v) is 5.81. The first-order valence-electron chi connectivity index (χ1n) is 7.54. The van der Waals surface area contributed by atoms with E-state index in [0.29, 0.717) is 12.2 Å². The lowest BCUT2D eigenvalue weighted by atomic mass is 10.2. The molecule has 0 saturated carbocycles. The Kier molecular flexibility index (Phi) is 7.80. The smallest absolute Gasteiger partial charge is 0.237 e. The topological polar surface area (TPSA) is 53.6 Å². The van der Waals surface area contributed by atoms with E-state index in [1.165, 1.54) is 0 Å². The van der Waals surface area contributed by atoms with Crippen molar-refractivity contribution in [3.05, 3.63) is 0 Å². The number of amides is 1. The fourth-order valence-corrected chi connectivity index (χ4v) is 3.01. The van der Waals surface area contributed by atoms with Gasteiger partial charge in [0.25, 0.3) is 0 Å². The summed E-state index contributed by atoms with van der Waals surface area (Å²) in [4.78, 5) is 14.2. The summed E-state index contributed by atoms with van der Waals surface area (Å²) in [7, 11) is 0. The van der Waals surface area contributed by atoms with E-state index in [0.717, 1.165) is 52.0 Å². The van der Waals surface area contributed by atoms with Crippen LogP contribution < -0.4 is 10.6 Å². The molecule has 2 saturated heterocycles. The van der Waals surface area contributed by atoms with Gasteiger partial charge in [-0.25, -0.2) is 0 Å². The Bertz CT molecular complexity index is 288. The van der Waals surface area contributed by atoms with Gasteiger partial charge in [-0.15, -0.1) is 12.4 Å². The lowest BCUT2D eigenvalue weighted by Crippen LogP contribution is -2.46. The summed E-state index contributed by atoms with van der Waals surface area (Å²) in [5.74, 6) is 0.168. The van der Waals surface area contributed by atoms with Crippen LogP contribution in [-0.2, 0) is 9.53 Å². The number of halogens is 1. The van der Waals surface area contributed by atoms with Crippen LogP contribution in [0.2, 0.25) is 0 Å². The number of carbonyl (C=O) groups is 1. The van der Waals surface area contributed by atoms with Crippen molar-refractivity contribution in [1.29, 1.82) is 0 Å². The van der Waals surface area contributed by atoms with Crippen LogP contribution in [0.1, 0.15) is 33.1 Å². The lowest BCUT2D eigenvalue weighted by Gasteiger charge is -2.35. The van der Waals surface area contributed by atoms with Gasteiger partial charge in [0.05, 0.1) is 18.2 Å². The molecule has 1 amide bonds. The van der Waals surface area contributed by atoms with E-state index in [-0.39, 0.29) is 24.4 Å². The number of rotatable bonds is 5. The van der Waals surface area contributed by atoms with Crippen LogP contribution in [0, 0.1) is 0 Å². The molecule has 5 nitrogen and oxygen atoms in total. The number of hydrogen-bond donors (Lipinski definition) is 2. The third-order valence-electron chi connectivity index (χ3n) is 3.82. The van der Waals surface area contributed by atoms with E-state index in [4.69, 9.17) is 4.74 Å². The van der Waals surface area contributed by atoms with Crippen LogP contribution in [0.15, 0.2) is 0 Å². The van der Waals surface area contributed by atoms with Gasteiger partial charge >= 0.3 is 0 Å². The molecule has 6 heteroatoms. The van der Waals surface area contributed by atoms with Crippen molar-refractivity contribution in [2.24, 2.45) is 0 Å². The van der Waals surface area contributed by atoms with Crippen LogP contribution in [0.5, 0.6) is 0 Å². The van der Waals surface area contributed by atoms with Gasteiger partial charge in [0.15, 0.2) is 0 Å². The number of carbonyl (C=O) groups excluding carboxylic acids is 1. The molecular weight excluding hydrogens is 278 g/mol. The van der Waals surface area contributed by atoms with Gasteiger partial charge in [-0.1, -0.05) is 0 Å². The molecule has 2 aliphatic rings. The molecule has 118 valence electrons. The van der Waals surface area contributed by atoms with Gasteiger partial charge in [-0.3, -0.25) is 9.69 Å². The highest BCUT2D eigenvalue weighted by atomic mass is 35.5. The molecule has 2 rings (SSSR count). The number of ether oxygens (including phenoxy) is 1. The van der Waals surface area contributed by atoms with Gasteiger partial charge < -0.3 is 15.4 Å². The standard InChI is InChI=1S/C14H27N3O2.ClH/c1-11-9-17(10-12(2)19-11)8-4-7-16-14(18)13-5-3-6-15-13;/h11-13,15H,3-10H2,1-2H3,(H,16,18);1H. The van der Waals surface area contributed by atoms with Crippen molar-refractivity contribution in [1.82, 2.24) is 15.5 Å². The molecular formula is C14H28ClN3O2. The summed E-state index contributed by atoms with van der Waals surface area (Å²) in [6.45, 7) is 9.03. The van der Waals surface area contributed by atoms with Crippen LogP contribution >= 0.6 is 12.4 Å². The number of nitrogens with zero attached hydrogens (tertiary/aromatic N) is 1. The Hall–Kier alpha value is -0.360. The summed E-state index contributed by atoms with van der Waals surface area (Å²) < 4.78 is 5.71. The van der Waals surface area contributed by atoms with Crippen LogP contribution in [0.3, 0.4) is 0 Å². The Morgan fingerprint density at radius 1 is 1.35 bits per heavy atom. The predicted octanol–water partition coefficient (Wildman–Crippen LogP) is 0.776. The maximum absolute atomic E-state index is 11.8. The summed E-state index contributed by atoms with van der Waals surface area (Å²) in [6.07, 6.45) is 3.74. The van der Waals surface area contributed by atoms with E-state index < -0.39 is 0 Å². The molecule has 0 aliphatic carbocycles. The molecule has 3 unspecified atom stereocenters. The SMILES string of the molecule is CC1CN(CCCNC(=O)C2CCCN2)CC(C)O1.Cl. The van der Waals surface area contributed by atoms with E-state index >= 15 is 0 Å². The zero-order chi connectivity index (χ0) is 13.7. The second kappa shape index (κ2) is 8.82. The van der Waals surface area contributed by atoms with Crippen molar-refractivity contribution in [2.45, 2.75) is 51.4 Å². The lowest BCUT2D eigenvalue weighted by molar-refractivity contribution is -0.122. The quantitative estimate of drug-likeness (QED) is 0.737. The fraction of sp³-hybridized carbons (Fsp3) is 0.929. The van der Waals surface area contributed by atoms with Crippen LogP contribution in [-0.4, -0.2) is 61.8 Å². The molecule has 2 N–H and O–H groups in total. The van der Waals surface area contributed by atoms with Crippen LogP contribution in [0.4, 0.5) is 0 Å². The summed E-state index contributed by atoms with van der Waals surface area (Å²) in [5, 5.41) is 6.25. The molecule has 0 bridgehead atoms. The minimum Gasteiger partial charge on any atom is -0.373 e. The Labute approximate surface area is 128 Å². The number of hydrogen-bond acceptors (Lipinski definition) is 4.